The van der Waals surface area contributed by atoms with E-state index in [-0.39, 0.29) is 5.97 Å². The molecule has 2 rings (SSSR count). The number of carbonyl (C=O) groups is 1. The molecule has 3 heteroatoms. The van der Waals surface area contributed by atoms with Gasteiger partial charge in [0.25, 0.3) is 0 Å². The lowest BCUT2D eigenvalue weighted by Crippen LogP contribution is -2.34. The van der Waals surface area contributed by atoms with Crippen molar-refractivity contribution >= 4 is 5.97 Å². The molecular weight excluding hydrogens is 192 g/mol. The van der Waals surface area contributed by atoms with E-state index in [2.05, 4.69) is 0 Å². The Morgan fingerprint density at radius 1 is 1.40 bits per heavy atom. The third-order valence-electron chi connectivity index (χ3n) is 2.65. The van der Waals surface area contributed by atoms with Crippen LogP contribution in [0.4, 0.5) is 0 Å². The predicted molar refractivity (Wildman–Crippen MR) is 55.3 cm³/mol. The average Bonchev–Trinajstić information content (AvgIpc) is 2.63. The molecule has 1 heterocycles. The predicted octanol–water partition coefficient (Wildman–Crippen LogP) is 1.87. The Balaban J connectivity index is 2.39. The van der Waals surface area contributed by atoms with E-state index in [4.69, 9.17) is 9.47 Å². The van der Waals surface area contributed by atoms with Gasteiger partial charge in [-0.1, -0.05) is 30.3 Å². The highest BCUT2D eigenvalue weighted by Crippen LogP contribution is 2.35. The normalized spacial score (nSPS) is 25.3. The fourth-order valence-corrected chi connectivity index (χ4v) is 1.94. The minimum absolute atomic E-state index is 0.268. The summed E-state index contributed by atoms with van der Waals surface area (Å²) in [6.07, 6.45) is 0.601. The van der Waals surface area contributed by atoms with Crippen molar-refractivity contribution in [1.29, 1.82) is 0 Å². The molecule has 1 saturated heterocycles. The van der Waals surface area contributed by atoms with Crippen molar-refractivity contribution in [3.63, 3.8) is 0 Å². The smallest absolute Gasteiger partial charge is 0.343 e. The molecule has 1 aliphatic heterocycles. The van der Waals surface area contributed by atoms with Crippen molar-refractivity contribution in [3.8, 4) is 0 Å². The van der Waals surface area contributed by atoms with Crippen LogP contribution in [0.3, 0.4) is 0 Å². The highest BCUT2D eigenvalue weighted by molar-refractivity contribution is 5.83. The zero-order valence-electron chi connectivity index (χ0n) is 8.73. The van der Waals surface area contributed by atoms with Gasteiger partial charge in [-0.15, -0.1) is 0 Å². The van der Waals surface area contributed by atoms with Gasteiger partial charge in [-0.2, -0.15) is 0 Å². The lowest BCUT2D eigenvalue weighted by Gasteiger charge is -2.24. The molecule has 1 atom stereocenters. The van der Waals surface area contributed by atoms with Crippen LogP contribution in [0.5, 0.6) is 0 Å². The van der Waals surface area contributed by atoms with Crippen LogP contribution in [0.2, 0.25) is 0 Å². The molecule has 1 aromatic carbocycles. The molecule has 80 valence electrons. The molecule has 0 amide bonds. The Morgan fingerprint density at radius 2 is 2.13 bits per heavy atom. The van der Waals surface area contributed by atoms with Crippen LogP contribution in [0.15, 0.2) is 30.3 Å². The summed E-state index contributed by atoms with van der Waals surface area (Å²) in [6, 6.07) is 9.54. The first-order chi connectivity index (χ1) is 7.29. The Morgan fingerprint density at radius 3 is 2.67 bits per heavy atom. The number of rotatable bonds is 3. The van der Waals surface area contributed by atoms with E-state index in [0.29, 0.717) is 19.6 Å². The van der Waals surface area contributed by atoms with Gasteiger partial charge in [0.05, 0.1) is 6.61 Å². The topological polar surface area (TPSA) is 35.5 Å². The maximum Gasteiger partial charge on any atom is 0.343 e. The third-order valence-corrected chi connectivity index (χ3v) is 2.65. The van der Waals surface area contributed by atoms with Gasteiger partial charge < -0.3 is 9.47 Å². The van der Waals surface area contributed by atoms with Gasteiger partial charge in [-0.3, -0.25) is 0 Å². The Hall–Kier alpha value is -1.35. The number of ether oxygens (including phenoxy) is 2. The molecule has 0 saturated carbocycles. The highest BCUT2D eigenvalue weighted by Gasteiger charge is 2.47. The van der Waals surface area contributed by atoms with Crippen LogP contribution in [-0.4, -0.2) is 19.2 Å². The maximum absolute atomic E-state index is 11.7. The molecule has 1 aromatic rings. The van der Waals surface area contributed by atoms with Gasteiger partial charge in [-0.05, 0) is 12.5 Å². The Bertz CT molecular complexity index is 347. The summed E-state index contributed by atoms with van der Waals surface area (Å²) in [5.41, 5.74) is 0.0186. The first-order valence-electron chi connectivity index (χ1n) is 5.16. The summed E-state index contributed by atoms with van der Waals surface area (Å²) in [5.74, 6) is -0.268. The quantitative estimate of drug-likeness (QED) is 0.708. The maximum atomic E-state index is 11.7. The molecule has 1 aliphatic rings. The Labute approximate surface area is 89.0 Å². The van der Waals surface area contributed by atoms with Crippen molar-refractivity contribution < 1.29 is 14.3 Å². The second-order valence-electron chi connectivity index (χ2n) is 3.51. The largest absolute Gasteiger partial charge is 0.463 e. The van der Waals surface area contributed by atoms with E-state index >= 15 is 0 Å². The van der Waals surface area contributed by atoms with Gasteiger partial charge in [0.1, 0.15) is 0 Å². The van der Waals surface area contributed by atoms with Gasteiger partial charge in [0.2, 0.25) is 0 Å². The monoisotopic (exact) mass is 206 g/mol. The average molecular weight is 206 g/mol. The van der Waals surface area contributed by atoms with Crippen LogP contribution in [0.1, 0.15) is 18.9 Å². The molecule has 1 unspecified atom stereocenters. The first-order valence-corrected chi connectivity index (χ1v) is 5.16. The zero-order chi connectivity index (χ0) is 10.7. The summed E-state index contributed by atoms with van der Waals surface area (Å²) in [7, 11) is 0. The van der Waals surface area contributed by atoms with Gasteiger partial charge >= 0.3 is 5.97 Å². The van der Waals surface area contributed by atoms with Crippen LogP contribution in [0, 0.1) is 0 Å². The first kappa shape index (κ1) is 10.2. The third kappa shape index (κ3) is 1.63. The summed E-state index contributed by atoms with van der Waals surface area (Å²) < 4.78 is 10.6. The van der Waals surface area contributed by atoms with Crippen molar-refractivity contribution in [1.82, 2.24) is 0 Å². The molecule has 0 N–H and O–H groups in total. The number of esters is 1. The minimum atomic E-state index is -0.865. The molecule has 15 heavy (non-hydrogen) atoms. The van der Waals surface area contributed by atoms with E-state index < -0.39 is 5.60 Å². The van der Waals surface area contributed by atoms with Crippen LogP contribution < -0.4 is 0 Å². The number of carbonyl (C=O) groups excluding carboxylic acids is 1. The lowest BCUT2D eigenvalue weighted by atomic mass is 9.92. The standard InChI is InChI=1S/C12H14O3/c1-2-15-12(8-9-14-11(12)13)10-6-4-3-5-7-10/h3-7H,2,8-9H2,1H3. The number of benzene rings is 1. The summed E-state index contributed by atoms with van der Waals surface area (Å²) in [6.45, 7) is 2.83. The van der Waals surface area contributed by atoms with E-state index in [1.54, 1.807) is 0 Å². The van der Waals surface area contributed by atoms with E-state index in [1.807, 2.05) is 37.3 Å². The SMILES string of the molecule is CCOC1(c2ccccc2)CCOC1=O. The van der Waals surface area contributed by atoms with Crippen LogP contribution >= 0.6 is 0 Å². The number of cyclic esters (lactones) is 1. The molecular formula is C12H14O3. The fourth-order valence-electron chi connectivity index (χ4n) is 1.94. The van der Waals surface area contributed by atoms with Gasteiger partial charge in [0, 0.05) is 13.0 Å². The minimum Gasteiger partial charge on any atom is -0.463 e. The van der Waals surface area contributed by atoms with E-state index in [9.17, 15) is 4.79 Å². The van der Waals surface area contributed by atoms with Gasteiger partial charge in [-0.25, -0.2) is 4.79 Å². The summed E-state index contributed by atoms with van der Waals surface area (Å²) in [5, 5.41) is 0. The molecule has 0 aliphatic carbocycles. The highest BCUT2D eigenvalue weighted by atomic mass is 16.6. The molecule has 0 aromatic heterocycles. The molecule has 0 radical (unpaired) electrons. The molecule has 3 nitrogen and oxygen atoms in total. The van der Waals surface area contributed by atoms with Crippen LogP contribution in [-0.2, 0) is 19.9 Å². The molecule has 0 spiro atoms. The Kier molecular flexibility index (Phi) is 2.73. The van der Waals surface area contributed by atoms with Gasteiger partial charge in [0.15, 0.2) is 5.60 Å². The fraction of sp³-hybridized carbons (Fsp3) is 0.417. The summed E-state index contributed by atoms with van der Waals surface area (Å²) >= 11 is 0. The van der Waals surface area contributed by atoms with Crippen LogP contribution in [0.25, 0.3) is 0 Å². The van der Waals surface area contributed by atoms with E-state index in [0.717, 1.165) is 5.56 Å². The second kappa shape index (κ2) is 4.03. The molecule has 1 fully saturated rings. The van der Waals surface area contributed by atoms with Crippen molar-refractivity contribution in [2.75, 3.05) is 13.2 Å². The molecule has 0 bridgehead atoms. The van der Waals surface area contributed by atoms with Crippen molar-refractivity contribution in [2.45, 2.75) is 18.9 Å². The lowest BCUT2D eigenvalue weighted by molar-refractivity contribution is -0.159. The second-order valence-corrected chi connectivity index (χ2v) is 3.51. The number of hydrogen-bond donors (Lipinski definition) is 0. The number of hydrogen-bond acceptors (Lipinski definition) is 3. The summed E-state index contributed by atoms with van der Waals surface area (Å²) in [4.78, 5) is 11.7. The van der Waals surface area contributed by atoms with Crippen molar-refractivity contribution in [2.24, 2.45) is 0 Å². The van der Waals surface area contributed by atoms with E-state index in [1.165, 1.54) is 0 Å². The van der Waals surface area contributed by atoms with Crippen molar-refractivity contribution in [3.05, 3.63) is 35.9 Å². The zero-order valence-corrected chi connectivity index (χ0v) is 8.73.